The first kappa shape index (κ1) is 20.4. The number of hydrogen-bond acceptors (Lipinski definition) is 5. The number of aromatic nitrogens is 1. The number of nitrogens with one attached hydrogen (secondary N) is 2. The third-order valence-corrected chi connectivity index (χ3v) is 4.84. The molecule has 0 saturated heterocycles. The van der Waals surface area contributed by atoms with Crippen molar-refractivity contribution in [3.05, 3.63) is 11.1 Å². The molecule has 23 heavy (non-hydrogen) atoms. The van der Waals surface area contributed by atoms with E-state index in [9.17, 15) is 5.11 Å². The Hall–Kier alpha value is -0.610. The van der Waals surface area contributed by atoms with Crippen molar-refractivity contribution in [2.45, 2.75) is 44.8 Å². The van der Waals surface area contributed by atoms with E-state index in [1.54, 1.807) is 11.3 Å². The van der Waals surface area contributed by atoms with Crippen molar-refractivity contribution in [2.75, 3.05) is 32.1 Å². The van der Waals surface area contributed by atoms with E-state index in [1.807, 2.05) is 31.3 Å². The first-order chi connectivity index (χ1) is 10.5. The Kier molecular flexibility index (Phi) is 8.56. The minimum absolute atomic E-state index is 0. The molecule has 1 heterocycles. The average Bonchev–Trinajstić information content (AvgIpc) is 3.11. The van der Waals surface area contributed by atoms with Gasteiger partial charge in [-0.2, -0.15) is 0 Å². The zero-order valence-corrected chi connectivity index (χ0v) is 17.3. The molecule has 0 aromatic carbocycles. The molecule has 0 radical (unpaired) electrons. The molecule has 1 aromatic heterocycles. The lowest BCUT2D eigenvalue weighted by Gasteiger charge is -2.23. The van der Waals surface area contributed by atoms with Gasteiger partial charge in [-0.25, -0.2) is 9.98 Å². The fraction of sp³-hybridized carbons (Fsp3) is 0.733. The largest absolute Gasteiger partial charge is 0.388 e. The van der Waals surface area contributed by atoms with Crippen LogP contribution in [0, 0.1) is 0 Å². The zero-order valence-electron chi connectivity index (χ0n) is 14.1. The van der Waals surface area contributed by atoms with Gasteiger partial charge in [0.1, 0.15) is 0 Å². The van der Waals surface area contributed by atoms with Gasteiger partial charge < -0.3 is 20.6 Å². The number of anilines is 1. The second-order valence-corrected chi connectivity index (χ2v) is 6.83. The number of aliphatic hydroxyl groups is 1. The van der Waals surface area contributed by atoms with Crippen molar-refractivity contribution in [1.82, 2.24) is 15.6 Å². The first-order valence-corrected chi connectivity index (χ1v) is 8.77. The van der Waals surface area contributed by atoms with Gasteiger partial charge in [0.15, 0.2) is 11.1 Å². The summed E-state index contributed by atoms with van der Waals surface area (Å²) in [6.07, 6.45) is 3.96. The van der Waals surface area contributed by atoms with Crippen LogP contribution in [0.2, 0.25) is 0 Å². The monoisotopic (exact) mass is 453 g/mol. The number of nitrogens with zero attached hydrogens (tertiary/aromatic N) is 3. The summed E-state index contributed by atoms with van der Waals surface area (Å²) in [6, 6.07) is 0. The maximum atomic E-state index is 10.4. The van der Waals surface area contributed by atoms with E-state index in [-0.39, 0.29) is 24.0 Å². The molecule has 1 saturated carbocycles. The maximum absolute atomic E-state index is 10.4. The zero-order chi connectivity index (χ0) is 16.0. The Labute approximate surface area is 159 Å². The van der Waals surface area contributed by atoms with Crippen molar-refractivity contribution < 1.29 is 5.11 Å². The van der Waals surface area contributed by atoms with Crippen LogP contribution in [-0.4, -0.2) is 48.8 Å². The van der Waals surface area contributed by atoms with Gasteiger partial charge in [-0.05, 0) is 19.8 Å². The molecule has 0 amide bonds. The highest BCUT2D eigenvalue weighted by Gasteiger charge is 2.30. The van der Waals surface area contributed by atoms with Crippen LogP contribution in [0.5, 0.6) is 0 Å². The van der Waals surface area contributed by atoms with Crippen LogP contribution in [0.4, 0.5) is 5.13 Å². The molecule has 1 fully saturated rings. The van der Waals surface area contributed by atoms with E-state index in [2.05, 4.69) is 20.6 Å². The number of guanidine groups is 1. The molecule has 0 unspecified atom stereocenters. The Bertz CT molecular complexity index is 500. The third-order valence-electron chi connectivity index (χ3n) is 3.78. The summed E-state index contributed by atoms with van der Waals surface area (Å²) >= 11 is 1.62. The van der Waals surface area contributed by atoms with Crippen LogP contribution >= 0.6 is 35.3 Å². The van der Waals surface area contributed by atoms with Gasteiger partial charge in [0.05, 0.1) is 17.8 Å². The molecular formula is C15H28IN5OS. The molecular weight excluding hydrogens is 425 g/mol. The molecule has 1 aromatic rings. The summed E-state index contributed by atoms with van der Waals surface area (Å²) in [5.74, 6) is 0.738. The summed E-state index contributed by atoms with van der Waals surface area (Å²) in [5.41, 5.74) is 0.389. The molecule has 0 aliphatic heterocycles. The van der Waals surface area contributed by atoms with E-state index in [1.165, 1.54) is 0 Å². The van der Waals surface area contributed by atoms with Crippen molar-refractivity contribution in [2.24, 2.45) is 4.99 Å². The number of aliphatic imine (C=N–C) groups is 1. The lowest BCUT2D eigenvalue weighted by Crippen LogP contribution is -2.46. The van der Waals surface area contributed by atoms with Gasteiger partial charge >= 0.3 is 0 Å². The normalized spacial score (nSPS) is 16.8. The van der Waals surface area contributed by atoms with Crippen LogP contribution in [0.3, 0.4) is 0 Å². The van der Waals surface area contributed by atoms with Gasteiger partial charge in [0.2, 0.25) is 0 Å². The Morgan fingerprint density at radius 3 is 2.65 bits per heavy atom. The van der Waals surface area contributed by atoms with Gasteiger partial charge in [0, 0.05) is 32.6 Å². The molecule has 8 heteroatoms. The van der Waals surface area contributed by atoms with E-state index in [0.717, 1.165) is 49.0 Å². The molecule has 2 rings (SSSR count). The fourth-order valence-electron chi connectivity index (χ4n) is 2.53. The van der Waals surface area contributed by atoms with E-state index in [4.69, 9.17) is 0 Å². The van der Waals surface area contributed by atoms with Crippen molar-refractivity contribution >= 4 is 46.4 Å². The predicted octanol–water partition coefficient (Wildman–Crippen LogP) is 2.19. The van der Waals surface area contributed by atoms with Gasteiger partial charge in [0.25, 0.3) is 0 Å². The lowest BCUT2D eigenvalue weighted by atomic mass is 10.0. The molecule has 1 aliphatic carbocycles. The summed E-state index contributed by atoms with van der Waals surface area (Å²) < 4.78 is 0. The minimum atomic E-state index is -0.574. The van der Waals surface area contributed by atoms with E-state index >= 15 is 0 Å². The van der Waals surface area contributed by atoms with Gasteiger partial charge in [-0.15, -0.1) is 35.3 Å². The summed E-state index contributed by atoms with van der Waals surface area (Å²) in [7, 11) is 3.97. The van der Waals surface area contributed by atoms with Crippen LogP contribution < -0.4 is 15.5 Å². The van der Waals surface area contributed by atoms with Crippen molar-refractivity contribution in [3.63, 3.8) is 0 Å². The number of rotatable bonds is 6. The average molecular weight is 453 g/mol. The van der Waals surface area contributed by atoms with Crippen LogP contribution in [0.15, 0.2) is 10.4 Å². The van der Waals surface area contributed by atoms with Crippen LogP contribution in [-0.2, 0) is 6.54 Å². The number of hydrogen-bond donors (Lipinski definition) is 3. The summed E-state index contributed by atoms with van der Waals surface area (Å²) in [6.45, 7) is 3.93. The second kappa shape index (κ2) is 9.63. The topological polar surface area (TPSA) is 72.8 Å². The summed E-state index contributed by atoms with van der Waals surface area (Å²) in [5, 5.41) is 19.9. The van der Waals surface area contributed by atoms with Crippen LogP contribution in [0.1, 0.15) is 38.3 Å². The smallest absolute Gasteiger partial charge is 0.191 e. The van der Waals surface area contributed by atoms with Gasteiger partial charge in [-0.1, -0.05) is 12.8 Å². The lowest BCUT2D eigenvalue weighted by molar-refractivity contribution is 0.0522. The highest BCUT2D eigenvalue weighted by Crippen LogP contribution is 2.28. The molecule has 0 spiro atoms. The van der Waals surface area contributed by atoms with E-state index < -0.39 is 5.60 Å². The number of thiazole rings is 1. The first-order valence-electron chi connectivity index (χ1n) is 7.89. The van der Waals surface area contributed by atoms with Gasteiger partial charge in [-0.3, -0.25) is 0 Å². The molecule has 0 atom stereocenters. The Morgan fingerprint density at radius 1 is 1.39 bits per heavy atom. The Balaban J connectivity index is 0.00000264. The minimum Gasteiger partial charge on any atom is -0.388 e. The van der Waals surface area contributed by atoms with Crippen LogP contribution in [0.25, 0.3) is 0 Å². The molecule has 6 nitrogen and oxygen atoms in total. The molecule has 132 valence electrons. The maximum Gasteiger partial charge on any atom is 0.191 e. The van der Waals surface area contributed by atoms with E-state index in [0.29, 0.717) is 13.1 Å². The highest BCUT2D eigenvalue weighted by atomic mass is 127. The fourth-order valence-corrected chi connectivity index (χ4v) is 3.28. The summed E-state index contributed by atoms with van der Waals surface area (Å²) in [4.78, 5) is 11.1. The highest BCUT2D eigenvalue weighted by molar-refractivity contribution is 14.0. The molecule has 1 aliphatic rings. The SMILES string of the molecule is CCNC(=NCc1csc(N(C)C)n1)NCC1(O)CCCC1.I. The standard InChI is InChI=1S/C15H27N5OS.HI/c1-4-16-13(18-11-15(21)7-5-6-8-15)17-9-12-10-22-14(19-12)20(2)3;/h10,21H,4-9,11H2,1-3H3,(H2,16,17,18);1H. The Morgan fingerprint density at radius 2 is 2.09 bits per heavy atom. The van der Waals surface area contributed by atoms with Crippen molar-refractivity contribution in [1.29, 1.82) is 0 Å². The number of halogens is 1. The molecule has 0 bridgehead atoms. The van der Waals surface area contributed by atoms with Crippen molar-refractivity contribution in [3.8, 4) is 0 Å². The predicted molar refractivity (Wildman–Crippen MR) is 108 cm³/mol. The third kappa shape index (κ3) is 6.42. The molecule has 3 N–H and O–H groups in total. The second-order valence-electron chi connectivity index (χ2n) is 6.00. The quantitative estimate of drug-likeness (QED) is 0.350.